The second-order valence-corrected chi connectivity index (χ2v) is 5.02. The Kier molecular flexibility index (Phi) is 2.38. The number of nitrogens with one attached hydrogen (secondary N) is 1. The lowest BCUT2D eigenvalue weighted by atomic mass is 10.1. The first kappa shape index (κ1) is 11.8. The van der Waals surface area contributed by atoms with Gasteiger partial charge in [0.2, 0.25) is 0 Å². The number of benzene rings is 2. The second-order valence-electron chi connectivity index (χ2n) is 5.02. The Morgan fingerprint density at radius 1 is 1.00 bits per heavy atom. The SMILES string of the molecule is Nc1cccc2c1ccn2C(=O)c1cccc2[nH]ccc12. The van der Waals surface area contributed by atoms with E-state index in [4.69, 9.17) is 5.73 Å². The predicted molar refractivity (Wildman–Crippen MR) is 84.4 cm³/mol. The topological polar surface area (TPSA) is 63.8 Å². The summed E-state index contributed by atoms with van der Waals surface area (Å²) in [7, 11) is 0. The van der Waals surface area contributed by atoms with Crippen LogP contribution in [0.2, 0.25) is 0 Å². The Labute approximate surface area is 120 Å². The molecule has 0 radical (unpaired) electrons. The number of nitrogens with zero attached hydrogens (tertiary/aromatic N) is 1. The van der Waals surface area contributed by atoms with E-state index in [9.17, 15) is 4.79 Å². The normalized spacial score (nSPS) is 11.2. The zero-order chi connectivity index (χ0) is 14.4. The van der Waals surface area contributed by atoms with Crippen LogP contribution in [0.25, 0.3) is 21.8 Å². The smallest absolute Gasteiger partial charge is 0.263 e. The standard InChI is InChI=1S/C17H13N3O/c18-14-4-2-6-16-13(14)8-10-20(16)17(21)12-3-1-5-15-11(12)7-9-19-15/h1-10,19H,18H2. The summed E-state index contributed by atoms with van der Waals surface area (Å²) in [5.74, 6) is -0.0548. The molecule has 4 nitrogen and oxygen atoms in total. The van der Waals surface area contributed by atoms with Gasteiger partial charge in [0.15, 0.2) is 0 Å². The quantitative estimate of drug-likeness (QED) is 0.523. The predicted octanol–water partition coefficient (Wildman–Crippen LogP) is 3.39. The first-order chi connectivity index (χ1) is 10.3. The first-order valence-corrected chi connectivity index (χ1v) is 6.72. The van der Waals surface area contributed by atoms with Gasteiger partial charge in [-0.2, -0.15) is 0 Å². The van der Waals surface area contributed by atoms with Crippen molar-refractivity contribution in [3.05, 3.63) is 66.5 Å². The van der Waals surface area contributed by atoms with Gasteiger partial charge in [0, 0.05) is 39.9 Å². The van der Waals surface area contributed by atoms with Gasteiger partial charge in [0.1, 0.15) is 0 Å². The van der Waals surface area contributed by atoms with Crippen LogP contribution in [0.4, 0.5) is 5.69 Å². The molecule has 4 rings (SSSR count). The maximum Gasteiger partial charge on any atom is 0.263 e. The van der Waals surface area contributed by atoms with Crippen LogP contribution in [0.5, 0.6) is 0 Å². The molecule has 0 fully saturated rings. The van der Waals surface area contributed by atoms with E-state index in [1.165, 1.54) is 0 Å². The van der Waals surface area contributed by atoms with Crippen molar-refractivity contribution in [2.24, 2.45) is 0 Å². The van der Waals surface area contributed by atoms with E-state index < -0.39 is 0 Å². The molecule has 0 saturated carbocycles. The fourth-order valence-corrected chi connectivity index (χ4v) is 2.77. The van der Waals surface area contributed by atoms with Crippen molar-refractivity contribution in [3.8, 4) is 0 Å². The van der Waals surface area contributed by atoms with Gasteiger partial charge in [-0.1, -0.05) is 12.1 Å². The third-order valence-corrected chi connectivity index (χ3v) is 3.81. The van der Waals surface area contributed by atoms with E-state index in [0.717, 1.165) is 21.8 Å². The van der Waals surface area contributed by atoms with E-state index in [1.54, 1.807) is 10.8 Å². The van der Waals surface area contributed by atoms with Crippen LogP contribution in [0.1, 0.15) is 10.4 Å². The molecule has 2 aromatic carbocycles. The molecule has 21 heavy (non-hydrogen) atoms. The van der Waals surface area contributed by atoms with Crippen LogP contribution in [-0.4, -0.2) is 15.5 Å². The molecule has 0 aliphatic rings. The molecule has 0 aliphatic carbocycles. The molecule has 0 unspecified atom stereocenters. The highest BCUT2D eigenvalue weighted by atomic mass is 16.2. The molecule has 4 heteroatoms. The maximum atomic E-state index is 12.9. The van der Waals surface area contributed by atoms with E-state index in [1.807, 2.05) is 54.7 Å². The summed E-state index contributed by atoms with van der Waals surface area (Å²) in [6.07, 6.45) is 3.61. The van der Waals surface area contributed by atoms with Crippen LogP contribution in [0.3, 0.4) is 0 Å². The van der Waals surface area contributed by atoms with Crippen molar-refractivity contribution in [2.75, 3.05) is 5.73 Å². The minimum atomic E-state index is -0.0548. The Bertz CT molecular complexity index is 978. The average molecular weight is 275 g/mol. The summed E-state index contributed by atoms with van der Waals surface area (Å²) < 4.78 is 1.65. The van der Waals surface area contributed by atoms with Crippen molar-refractivity contribution >= 4 is 33.4 Å². The molecule has 2 heterocycles. The second kappa shape index (κ2) is 4.24. The van der Waals surface area contributed by atoms with Crippen LogP contribution in [0, 0.1) is 0 Å². The van der Waals surface area contributed by atoms with Gasteiger partial charge in [0.05, 0.1) is 5.52 Å². The molecule has 0 atom stereocenters. The van der Waals surface area contributed by atoms with Gasteiger partial charge in [-0.05, 0) is 36.4 Å². The monoisotopic (exact) mass is 275 g/mol. The van der Waals surface area contributed by atoms with Crippen molar-refractivity contribution in [1.29, 1.82) is 0 Å². The van der Waals surface area contributed by atoms with Crippen molar-refractivity contribution < 1.29 is 4.79 Å². The number of fused-ring (bicyclic) bond motifs is 2. The molecular weight excluding hydrogens is 262 g/mol. The highest BCUT2D eigenvalue weighted by molar-refractivity contribution is 6.11. The summed E-state index contributed by atoms with van der Waals surface area (Å²) in [6, 6.07) is 15.1. The summed E-state index contributed by atoms with van der Waals surface area (Å²) in [4.78, 5) is 16.0. The van der Waals surface area contributed by atoms with Crippen LogP contribution in [0.15, 0.2) is 60.9 Å². The minimum Gasteiger partial charge on any atom is -0.398 e. The van der Waals surface area contributed by atoms with Crippen LogP contribution in [-0.2, 0) is 0 Å². The molecular formula is C17H13N3O. The molecule has 4 aromatic rings. The Morgan fingerprint density at radius 3 is 2.76 bits per heavy atom. The highest BCUT2D eigenvalue weighted by Gasteiger charge is 2.15. The Morgan fingerprint density at radius 2 is 1.86 bits per heavy atom. The third-order valence-electron chi connectivity index (χ3n) is 3.81. The van der Waals surface area contributed by atoms with E-state index in [-0.39, 0.29) is 5.91 Å². The fraction of sp³-hybridized carbons (Fsp3) is 0. The van der Waals surface area contributed by atoms with E-state index >= 15 is 0 Å². The number of nitrogens with two attached hydrogens (primary N) is 1. The summed E-state index contributed by atoms with van der Waals surface area (Å²) in [5.41, 5.74) is 9.09. The van der Waals surface area contributed by atoms with Gasteiger partial charge in [-0.3, -0.25) is 9.36 Å². The van der Waals surface area contributed by atoms with Gasteiger partial charge in [-0.15, -0.1) is 0 Å². The minimum absolute atomic E-state index is 0.0548. The van der Waals surface area contributed by atoms with Gasteiger partial charge in [0.25, 0.3) is 5.91 Å². The number of aromatic amines is 1. The number of aromatic nitrogens is 2. The fourth-order valence-electron chi connectivity index (χ4n) is 2.77. The van der Waals surface area contributed by atoms with E-state index in [0.29, 0.717) is 11.3 Å². The van der Waals surface area contributed by atoms with Gasteiger partial charge >= 0.3 is 0 Å². The van der Waals surface area contributed by atoms with Crippen molar-refractivity contribution in [2.45, 2.75) is 0 Å². The molecule has 2 aromatic heterocycles. The average Bonchev–Trinajstić information content (AvgIpc) is 3.13. The first-order valence-electron chi connectivity index (χ1n) is 6.72. The number of H-pyrrole nitrogens is 1. The lowest BCUT2D eigenvalue weighted by molar-refractivity contribution is 0.0966. The maximum absolute atomic E-state index is 12.9. The molecule has 0 aliphatic heterocycles. The number of nitrogen functional groups attached to an aromatic ring is 1. The number of hydrogen-bond donors (Lipinski definition) is 2. The summed E-state index contributed by atoms with van der Waals surface area (Å²) in [6.45, 7) is 0. The highest BCUT2D eigenvalue weighted by Crippen LogP contribution is 2.24. The number of carbonyl (C=O) groups excluding carboxylic acids is 1. The molecule has 0 amide bonds. The zero-order valence-corrected chi connectivity index (χ0v) is 11.2. The zero-order valence-electron chi connectivity index (χ0n) is 11.2. The number of rotatable bonds is 1. The van der Waals surface area contributed by atoms with Crippen LogP contribution < -0.4 is 5.73 Å². The number of hydrogen-bond acceptors (Lipinski definition) is 2. The van der Waals surface area contributed by atoms with E-state index in [2.05, 4.69) is 4.98 Å². The Balaban J connectivity index is 1.95. The van der Waals surface area contributed by atoms with Gasteiger partial charge in [-0.25, -0.2) is 0 Å². The van der Waals surface area contributed by atoms with Crippen molar-refractivity contribution in [3.63, 3.8) is 0 Å². The molecule has 0 saturated heterocycles. The molecule has 0 spiro atoms. The number of carbonyl (C=O) groups is 1. The number of anilines is 1. The van der Waals surface area contributed by atoms with Crippen molar-refractivity contribution in [1.82, 2.24) is 9.55 Å². The van der Waals surface area contributed by atoms with Gasteiger partial charge < -0.3 is 10.7 Å². The molecule has 3 N–H and O–H groups in total. The molecule has 102 valence electrons. The lowest BCUT2D eigenvalue weighted by Crippen LogP contribution is -2.10. The Hall–Kier alpha value is -3.01. The summed E-state index contributed by atoms with van der Waals surface area (Å²) in [5, 5.41) is 1.82. The summed E-state index contributed by atoms with van der Waals surface area (Å²) >= 11 is 0. The largest absolute Gasteiger partial charge is 0.398 e. The van der Waals surface area contributed by atoms with Crippen LogP contribution >= 0.6 is 0 Å². The lowest BCUT2D eigenvalue weighted by Gasteiger charge is -2.06. The molecule has 0 bridgehead atoms. The third kappa shape index (κ3) is 1.66.